The van der Waals surface area contributed by atoms with Crippen LogP contribution in [0.2, 0.25) is 0 Å². The molecule has 0 saturated heterocycles. The van der Waals surface area contributed by atoms with Crippen LogP contribution in [-0.2, 0) is 19.1 Å². The van der Waals surface area contributed by atoms with Gasteiger partial charge in [0.05, 0.1) is 20.3 Å². The Hall–Kier alpha value is -2.56. The molecule has 5 heteroatoms. The fourth-order valence-corrected chi connectivity index (χ4v) is 4.22. The zero-order chi connectivity index (χ0) is 19.4. The van der Waals surface area contributed by atoms with E-state index in [0.717, 1.165) is 16.9 Å². The Kier molecular flexibility index (Phi) is 5.68. The fraction of sp³-hybridized carbons (Fsp3) is 0.455. The summed E-state index contributed by atoms with van der Waals surface area (Å²) in [7, 11) is 1.63. The molecule has 1 saturated carbocycles. The predicted octanol–water partition coefficient (Wildman–Crippen LogP) is 3.79. The van der Waals surface area contributed by atoms with Crippen LogP contribution in [0.1, 0.15) is 32.3 Å². The Morgan fingerprint density at radius 2 is 1.74 bits per heavy atom. The van der Waals surface area contributed by atoms with Crippen molar-refractivity contribution in [3.63, 3.8) is 0 Å². The Morgan fingerprint density at radius 1 is 1.11 bits per heavy atom. The molecule has 2 atom stereocenters. The molecule has 1 fully saturated rings. The summed E-state index contributed by atoms with van der Waals surface area (Å²) in [4.78, 5) is 25.8. The van der Waals surface area contributed by atoms with Crippen molar-refractivity contribution in [2.24, 2.45) is 17.3 Å². The van der Waals surface area contributed by atoms with Gasteiger partial charge in [0.2, 0.25) is 0 Å². The molecular formula is C22H26O5. The van der Waals surface area contributed by atoms with Crippen molar-refractivity contribution in [3.8, 4) is 5.75 Å². The average Bonchev–Trinajstić information content (AvgIpc) is 3.26. The van der Waals surface area contributed by atoms with Crippen LogP contribution in [0.4, 0.5) is 0 Å². The highest BCUT2D eigenvalue weighted by atomic mass is 16.6. The topological polar surface area (TPSA) is 61.8 Å². The summed E-state index contributed by atoms with van der Waals surface area (Å²) in [5.74, 6) is -0.267. The van der Waals surface area contributed by atoms with E-state index >= 15 is 0 Å². The molecule has 0 spiro atoms. The third kappa shape index (κ3) is 3.38. The van der Waals surface area contributed by atoms with E-state index in [9.17, 15) is 9.59 Å². The summed E-state index contributed by atoms with van der Waals surface area (Å²) in [6.07, 6.45) is 7.20. The van der Waals surface area contributed by atoms with Gasteiger partial charge in [-0.3, -0.25) is 9.59 Å². The molecule has 0 radical (unpaired) electrons. The lowest BCUT2D eigenvalue weighted by molar-refractivity contribution is -0.175. The number of rotatable bonds is 6. The first-order valence-corrected chi connectivity index (χ1v) is 9.42. The minimum Gasteiger partial charge on any atom is -0.497 e. The van der Waals surface area contributed by atoms with Crippen LogP contribution in [0.5, 0.6) is 5.75 Å². The van der Waals surface area contributed by atoms with Crippen LogP contribution in [0.3, 0.4) is 0 Å². The van der Waals surface area contributed by atoms with Crippen LogP contribution < -0.4 is 4.74 Å². The maximum Gasteiger partial charge on any atom is 0.324 e. The largest absolute Gasteiger partial charge is 0.497 e. The second kappa shape index (κ2) is 7.99. The molecule has 27 heavy (non-hydrogen) atoms. The zero-order valence-electron chi connectivity index (χ0n) is 16.1. The van der Waals surface area contributed by atoms with E-state index in [4.69, 9.17) is 14.2 Å². The van der Waals surface area contributed by atoms with E-state index in [0.29, 0.717) is 12.8 Å². The van der Waals surface area contributed by atoms with Gasteiger partial charge in [0, 0.05) is 5.92 Å². The molecule has 0 aliphatic heterocycles. The number of allylic oxidation sites excluding steroid dienone is 3. The second-order valence-corrected chi connectivity index (χ2v) is 6.88. The number of benzene rings is 1. The number of fused-ring (bicyclic) bond motifs is 1. The Labute approximate surface area is 160 Å². The molecule has 0 bridgehead atoms. The minimum atomic E-state index is -1.27. The van der Waals surface area contributed by atoms with Gasteiger partial charge in [0.1, 0.15) is 5.75 Å². The van der Waals surface area contributed by atoms with Gasteiger partial charge in [-0.05, 0) is 50.3 Å². The summed E-state index contributed by atoms with van der Waals surface area (Å²) in [5, 5.41) is 0. The third-order valence-electron chi connectivity index (χ3n) is 5.46. The van der Waals surface area contributed by atoms with Gasteiger partial charge in [-0.1, -0.05) is 35.9 Å². The number of carbonyl (C=O) groups excluding carboxylic acids is 2. The molecule has 0 N–H and O–H groups in total. The molecule has 1 aromatic carbocycles. The van der Waals surface area contributed by atoms with Gasteiger partial charge in [-0.25, -0.2) is 0 Å². The van der Waals surface area contributed by atoms with Crippen LogP contribution in [0.25, 0.3) is 6.08 Å². The quantitative estimate of drug-likeness (QED) is 0.433. The number of ether oxygens (including phenoxy) is 3. The smallest absolute Gasteiger partial charge is 0.324 e. The van der Waals surface area contributed by atoms with Gasteiger partial charge in [-0.15, -0.1) is 0 Å². The van der Waals surface area contributed by atoms with Crippen LogP contribution in [0, 0.1) is 17.3 Å². The summed E-state index contributed by atoms with van der Waals surface area (Å²) in [6.45, 7) is 3.99. The van der Waals surface area contributed by atoms with Crippen molar-refractivity contribution in [2.45, 2.75) is 26.7 Å². The lowest BCUT2D eigenvalue weighted by Crippen LogP contribution is -2.45. The highest BCUT2D eigenvalue weighted by molar-refractivity contribution is 6.02. The number of hydrogen-bond donors (Lipinski definition) is 0. The molecule has 1 aromatic rings. The highest BCUT2D eigenvalue weighted by Crippen LogP contribution is 2.56. The highest BCUT2D eigenvalue weighted by Gasteiger charge is 2.62. The van der Waals surface area contributed by atoms with Gasteiger partial charge in [-0.2, -0.15) is 0 Å². The number of methoxy groups -OCH3 is 1. The summed E-state index contributed by atoms with van der Waals surface area (Å²) < 4.78 is 15.8. The summed E-state index contributed by atoms with van der Waals surface area (Å²) >= 11 is 0. The molecule has 0 heterocycles. The van der Waals surface area contributed by atoms with Crippen molar-refractivity contribution < 1.29 is 23.8 Å². The van der Waals surface area contributed by atoms with E-state index in [1.807, 2.05) is 30.3 Å². The van der Waals surface area contributed by atoms with E-state index in [1.54, 1.807) is 21.0 Å². The molecule has 2 aliphatic carbocycles. The molecule has 0 unspecified atom stereocenters. The Morgan fingerprint density at radius 3 is 2.30 bits per heavy atom. The van der Waals surface area contributed by atoms with E-state index in [1.165, 1.54) is 0 Å². The summed E-state index contributed by atoms with van der Waals surface area (Å²) in [6, 6.07) is 7.73. The average molecular weight is 370 g/mol. The Bertz CT molecular complexity index is 741. The predicted molar refractivity (Wildman–Crippen MR) is 102 cm³/mol. The van der Waals surface area contributed by atoms with Gasteiger partial charge in [0.25, 0.3) is 0 Å². The van der Waals surface area contributed by atoms with Crippen molar-refractivity contribution in [2.75, 3.05) is 20.3 Å². The lowest BCUT2D eigenvalue weighted by atomic mass is 9.75. The van der Waals surface area contributed by atoms with Gasteiger partial charge in [0.15, 0.2) is 5.41 Å². The molecular weight excluding hydrogens is 344 g/mol. The maximum atomic E-state index is 12.9. The molecule has 5 nitrogen and oxygen atoms in total. The SMILES string of the molecule is CCOC(=O)C1(C(=O)OCC)C/C(=C/c2ccc(OC)cc2)[C@@H]2C=CC[C@@H]21. The van der Waals surface area contributed by atoms with Crippen molar-refractivity contribution in [3.05, 3.63) is 47.6 Å². The van der Waals surface area contributed by atoms with Gasteiger partial charge >= 0.3 is 11.9 Å². The van der Waals surface area contributed by atoms with Crippen LogP contribution in [-0.4, -0.2) is 32.3 Å². The maximum absolute atomic E-state index is 12.9. The fourth-order valence-electron chi connectivity index (χ4n) is 4.22. The number of esters is 2. The number of hydrogen-bond acceptors (Lipinski definition) is 5. The van der Waals surface area contributed by atoms with Crippen molar-refractivity contribution >= 4 is 18.0 Å². The lowest BCUT2D eigenvalue weighted by Gasteiger charge is -2.29. The zero-order valence-corrected chi connectivity index (χ0v) is 16.1. The van der Waals surface area contributed by atoms with E-state index in [-0.39, 0.29) is 25.0 Å². The van der Waals surface area contributed by atoms with E-state index in [2.05, 4.69) is 12.2 Å². The Balaban J connectivity index is 2.00. The summed E-state index contributed by atoms with van der Waals surface area (Å²) in [5.41, 5.74) is 0.798. The van der Waals surface area contributed by atoms with Crippen LogP contribution in [0.15, 0.2) is 42.0 Å². The first kappa shape index (κ1) is 19.2. The molecule has 3 rings (SSSR count). The van der Waals surface area contributed by atoms with Crippen molar-refractivity contribution in [1.82, 2.24) is 0 Å². The van der Waals surface area contributed by atoms with Crippen LogP contribution >= 0.6 is 0 Å². The normalized spacial score (nSPS) is 23.9. The second-order valence-electron chi connectivity index (χ2n) is 6.88. The molecule has 0 amide bonds. The number of carbonyl (C=O) groups is 2. The minimum absolute atomic E-state index is 0.0425. The molecule has 144 valence electrons. The monoisotopic (exact) mass is 370 g/mol. The van der Waals surface area contributed by atoms with Crippen molar-refractivity contribution in [1.29, 1.82) is 0 Å². The third-order valence-corrected chi connectivity index (χ3v) is 5.46. The first-order chi connectivity index (χ1) is 13.1. The van der Waals surface area contributed by atoms with E-state index < -0.39 is 17.4 Å². The molecule has 2 aliphatic rings. The standard InChI is InChI=1S/C22H26O5/c1-4-26-20(23)22(21(24)27-5-2)14-16(18-7-6-8-19(18)22)13-15-9-11-17(25-3)12-10-15/h6-7,9-13,18-19H,4-5,8,14H2,1-3H3/b16-13-/t18-,19-/m0/s1. The first-order valence-electron chi connectivity index (χ1n) is 9.42. The van der Waals surface area contributed by atoms with Gasteiger partial charge < -0.3 is 14.2 Å². The molecule has 0 aromatic heterocycles.